The smallest absolute Gasteiger partial charge is 0.227 e. The molecule has 25 heavy (non-hydrogen) atoms. The molecule has 2 aliphatic heterocycles. The third-order valence-electron chi connectivity index (χ3n) is 4.73. The number of nitrogens with one attached hydrogen (secondary N) is 1. The zero-order chi connectivity index (χ0) is 17.2. The second-order valence-electron chi connectivity index (χ2n) is 6.47. The van der Waals surface area contributed by atoms with E-state index in [0.29, 0.717) is 31.1 Å². The number of anilines is 2. The van der Waals surface area contributed by atoms with Crippen LogP contribution in [0.2, 0.25) is 0 Å². The molecule has 1 fully saturated rings. The second-order valence-corrected chi connectivity index (χ2v) is 6.47. The molecule has 0 bridgehead atoms. The summed E-state index contributed by atoms with van der Waals surface area (Å²) < 4.78 is 33.1. The van der Waals surface area contributed by atoms with Gasteiger partial charge in [-0.05, 0) is 37.0 Å². The van der Waals surface area contributed by atoms with Crippen LogP contribution in [-0.4, -0.2) is 35.8 Å². The monoisotopic (exact) mass is 346 g/mol. The maximum absolute atomic E-state index is 14.1. The lowest BCUT2D eigenvalue weighted by atomic mass is 9.99. The van der Waals surface area contributed by atoms with Gasteiger partial charge in [0, 0.05) is 31.5 Å². The van der Waals surface area contributed by atoms with Gasteiger partial charge in [0.2, 0.25) is 5.95 Å². The van der Waals surface area contributed by atoms with E-state index in [0.717, 1.165) is 30.8 Å². The molecule has 132 valence electrons. The third kappa shape index (κ3) is 3.42. The average molecular weight is 346 g/mol. The lowest BCUT2D eigenvalue weighted by Gasteiger charge is -2.29. The van der Waals surface area contributed by atoms with Crippen LogP contribution in [-0.2, 0) is 17.7 Å². The molecule has 0 radical (unpaired) electrons. The second kappa shape index (κ2) is 6.92. The molecule has 1 unspecified atom stereocenters. The van der Waals surface area contributed by atoms with Crippen LogP contribution < -0.4 is 10.2 Å². The van der Waals surface area contributed by atoms with Crippen molar-refractivity contribution in [2.24, 2.45) is 0 Å². The Balaban J connectivity index is 1.52. The Morgan fingerprint density at radius 2 is 2.16 bits per heavy atom. The van der Waals surface area contributed by atoms with Crippen LogP contribution in [0.15, 0.2) is 24.4 Å². The lowest BCUT2D eigenvalue weighted by Crippen LogP contribution is -2.33. The molecule has 0 amide bonds. The van der Waals surface area contributed by atoms with E-state index < -0.39 is 11.6 Å². The quantitative estimate of drug-likeness (QED) is 0.926. The topological polar surface area (TPSA) is 50.3 Å². The summed E-state index contributed by atoms with van der Waals surface area (Å²) in [6.45, 7) is 2.42. The van der Waals surface area contributed by atoms with Crippen molar-refractivity contribution in [1.29, 1.82) is 0 Å². The number of nitrogens with zero attached hydrogens (tertiary/aromatic N) is 3. The van der Waals surface area contributed by atoms with E-state index >= 15 is 0 Å². The van der Waals surface area contributed by atoms with Crippen LogP contribution in [0.25, 0.3) is 0 Å². The number of hydrogen-bond acceptors (Lipinski definition) is 5. The number of rotatable bonds is 3. The Labute approximate surface area is 145 Å². The first-order valence-electron chi connectivity index (χ1n) is 8.59. The van der Waals surface area contributed by atoms with Crippen LogP contribution in [0, 0.1) is 11.6 Å². The Morgan fingerprint density at radius 3 is 3.00 bits per heavy atom. The summed E-state index contributed by atoms with van der Waals surface area (Å²) in [6.07, 6.45) is 4.40. The van der Waals surface area contributed by atoms with Gasteiger partial charge in [0.25, 0.3) is 0 Å². The number of ether oxygens (including phenoxy) is 1. The van der Waals surface area contributed by atoms with E-state index in [-0.39, 0.29) is 12.6 Å². The number of fused-ring (bicyclic) bond motifs is 1. The molecule has 7 heteroatoms. The third-order valence-corrected chi connectivity index (χ3v) is 4.73. The zero-order valence-electron chi connectivity index (χ0n) is 13.8. The van der Waals surface area contributed by atoms with Crippen molar-refractivity contribution in [2.75, 3.05) is 30.0 Å². The molecule has 5 nitrogen and oxygen atoms in total. The first kappa shape index (κ1) is 16.2. The zero-order valence-corrected chi connectivity index (χ0v) is 13.8. The van der Waals surface area contributed by atoms with Gasteiger partial charge in [-0.1, -0.05) is 6.07 Å². The van der Waals surface area contributed by atoms with Gasteiger partial charge in [-0.25, -0.2) is 13.8 Å². The van der Waals surface area contributed by atoms with Crippen molar-refractivity contribution in [1.82, 2.24) is 9.97 Å². The van der Waals surface area contributed by atoms with E-state index in [1.807, 2.05) is 11.0 Å². The van der Waals surface area contributed by atoms with Crippen LogP contribution in [0.3, 0.4) is 0 Å². The summed E-state index contributed by atoms with van der Waals surface area (Å²) in [6, 6.07) is 4.91. The van der Waals surface area contributed by atoms with Gasteiger partial charge >= 0.3 is 0 Å². The maximum Gasteiger partial charge on any atom is 0.227 e. The standard InChI is InChI=1S/C18H20F2N4O/c19-15-4-3-12-6-8-24(10-14(12)17(15)20)18-21-7-5-16(23-18)22-13-2-1-9-25-11-13/h3-5,7,13H,1-2,6,8-11H2,(H,21,22,23). The number of hydrogen-bond donors (Lipinski definition) is 1. The average Bonchev–Trinajstić information content (AvgIpc) is 2.66. The highest BCUT2D eigenvalue weighted by atomic mass is 19.2. The fourth-order valence-corrected chi connectivity index (χ4v) is 3.38. The van der Waals surface area contributed by atoms with Crippen LogP contribution in [0.1, 0.15) is 24.0 Å². The van der Waals surface area contributed by atoms with Crippen LogP contribution in [0.4, 0.5) is 20.5 Å². The Kier molecular flexibility index (Phi) is 4.48. The van der Waals surface area contributed by atoms with E-state index in [2.05, 4.69) is 15.3 Å². The Hall–Kier alpha value is -2.28. The van der Waals surface area contributed by atoms with Gasteiger partial charge in [0.05, 0.1) is 12.6 Å². The molecule has 0 aliphatic carbocycles. The molecule has 2 aliphatic rings. The van der Waals surface area contributed by atoms with Gasteiger partial charge in [0.15, 0.2) is 11.6 Å². The summed E-state index contributed by atoms with van der Waals surface area (Å²) in [7, 11) is 0. The van der Waals surface area contributed by atoms with Gasteiger partial charge in [-0.3, -0.25) is 0 Å². The molecule has 1 saturated heterocycles. The highest BCUT2D eigenvalue weighted by molar-refractivity contribution is 5.45. The molecule has 0 spiro atoms. The van der Waals surface area contributed by atoms with E-state index in [1.54, 1.807) is 12.3 Å². The number of halogens is 2. The largest absolute Gasteiger partial charge is 0.379 e. The molecular formula is C18H20F2N4O. The predicted octanol–water partition coefficient (Wildman–Crippen LogP) is 2.91. The molecule has 4 rings (SSSR count). The van der Waals surface area contributed by atoms with E-state index in [1.165, 1.54) is 6.07 Å². The summed E-state index contributed by atoms with van der Waals surface area (Å²) in [4.78, 5) is 10.7. The van der Waals surface area contributed by atoms with Crippen LogP contribution in [0.5, 0.6) is 0 Å². The first-order valence-corrected chi connectivity index (χ1v) is 8.59. The predicted molar refractivity (Wildman–Crippen MR) is 90.6 cm³/mol. The van der Waals surface area contributed by atoms with Gasteiger partial charge in [-0.2, -0.15) is 4.98 Å². The summed E-state index contributed by atoms with van der Waals surface area (Å²) >= 11 is 0. The summed E-state index contributed by atoms with van der Waals surface area (Å²) in [5.74, 6) is -0.327. The van der Waals surface area contributed by atoms with E-state index in [9.17, 15) is 8.78 Å². The van der Waals surface area contributed by atoms with Gasteiger partial charge < -0.3 is 15.0 Å². The molecule has 1 aromatic carbocycles. The van der Waals surface area contributed by atoms with Crippen molar-refractivity contribution in [3.8, 4) is 0 Å². The van der Waals surface area contributed by atoms with Gasteiger partial charge in [0.1, 0.15) is 5.82 Å². The lowest BCUT2D eigenvalue weighted by molar-refractivity contribution is 0.0875. The summed E-state index contributed by atoms with van der Waals surface area (Å²) in [5, 5.41) is 3.36. The molecule has 3 heterocycles. The SMILES string of the molecule is Fc1ccc2c(c1F)CN(c1nccc(NC3CCCOC3)n1)CC2. The molecule has 2 aromatic rings. The first-order chi connectivity index (χ1) is 12.2. The normalized spacial score (nSPS) is 20.2. The summed E-state index contributed by atoms with van der Waals surface area (Å²) in [5.41, 5.74) is 1.25. The molecule has 0 saturated carbocycles. The molecule has 1 atom stereocenters. The fraction of sp³-hybridized carbons (Fsp3) is 0.444. The number of benzene rings is 1. The van der Waals surface area contributed by atoms with Crippen molar-refractivity contribution in [2.45, 2.75) is 31.8 Å². The highest BCUT2D eigenvalue weighted by Gasteiger charge is 2.23. The van der Waals surface area contributed by atoms with Crippen molar-refractivity contribution < 1.29 is 13.5 Å². The van der Waals surface area contributed by atoms with E-state index in [4.69, 9.17) is 4.74 Å². The number of aromatic nitrogens is 2. The fourth-order valence-electron chi connectivity index (χ4n) is 3.38. The maximum atomic E-state index is 14.1. The Bertz CT molecular complexity index is 765. The minimum atomic E-state index is -0.811. The van der Waals surface area contributed by atoms with Crippen molar-refractivity contribution in [3.05, 3.63) is 47.2 Å². The Morgan fingerprint density at radius 1 is 1.24 bits per heavy atom. The minimum Gasteiger partial charge on any atom is -0.379 e. The van der Waals surface area contributed by atoms with Crippen molar-refractivity contribution >= 4 is 11.8 Å². The van der Waals surface area contributed by atoms with Crippen LogP contribution >= 0.6 is 0 Å². The van der Waals surface area contributed by atoms with Gasteiger partial charge in [-0.15, -0.1) is 0 Å². The molecule has 1 N–H and O–H groups in total. The minimum absolute atomic E-state index is 0.241. The highest BCUT2D eigenvalue weighted by Crippen LogP contribution is 2.26. The molecule has 1 aromatic heterocycles. The molecular weight excluding hydrogens is 326 g/mol. The van der Waals surface area contributed by atoms with Crippen molar-refractivity contribution in [3.63, 3.8) is 0 Å².